The van der Waals surface area contributed by atoms with Crippen LogP contribution in [0.5, 0.6) is 0 Å². The molecule has 0 fully saturated rings. The molecule has 1 aromatic rings. The number of rotatable bonds is 6. The summed E-state index contributed by atoms with van der Waals surface area (Å²) in [4.78, 5) is 4.33. The smallest absolute Gasteiger partial charge is 0.203 e. The van der Waals surface area contributed by atoms with E-state index in [2.05, 4.69) is 48.8 Å². The first-order valence-corrected chi connectivity index (χ1v) is 6.01. The fourth-order valence-corrected chi connectivity index (χ4v) is 2.13. The fourth-order valence-electron chi connectivity index (χ4n) is 2.13. The minimum Gasteiger partial charge on any atom is -0.356 e. The second-order valence-electron chi connectivity index (χ2n) is 4.01. The summed E-state index contributed by atoms with van der Waals surface area (Å²) in [6, 6.07) is 0.525. The number of nitrogens with one attached hydrogen (secondary N) is 1. The number of imidazole rings is 1. The first kappa shape index (κ1) is 12.1. The highest BCUT2D eigenvalue weighted by atomic mass is 15.2. The van der Waals surface area contributed by atoms with E-state index in [1.165, 1.54) is 12.8 Å². The minimum atomic E-state index is 0.525. The van der Waals surface area contributed by atoms with Crippen molar-refractivity contribution in [2.75, 3.05) is 11.9 Å². The van der Waals surface area contributed by atoms with E-state index >= 15 is 0 Å². The van der Waals surface area contributed by atoms with E-state index in [0.29, 0.717) is 6.04 Å². The lowest BCUT2D eigenvalue weighted by molar-refractivity contribution is 0.335. The Kier molecular flexibility index (Phi) is 4.66. The first-order valence-electron chi connectivity index (χ1n) is 6.01. The van der Waals surface area contributed by atoms with Crippen molar-refractivity contribution in [3.63, 3.8) is 0 Å². The van der Waals surface area contributed by atoms with Gasteiger partial charge < -0.3 is 9.88 Å². The summed E-state index contributed by atoms with van der Waals surface area (Å²) in [5.41, 5.74) is 0. The molecule has 15 heavy (non-hydrogen) atoms. The van der Waals surface area contributed by atoms with Crippen molar-refractivity contribution in [2.24, 2.45) is 5.92 Å². The zero-order valence-corrected chi connectivity index (χ0v) is 10.3. The molecule has 1 N–H and O–H groups in total. The molecule has 0 aromatic carbocycles. The second kappa shape index (κ2) is 5.79. The summed E-state index contributed by atoms with van der Waals surface area (Å²) in [6.45, 7) is 9.82. The molecule has 0 bridgehead atoms. The molecule has 0 aliphatic heterocycles. The van der Waals surface area contributed by atoms with Gasteiger partial charge in [-0.25, -0.2) is 4.98 Å². The zero-order valence-electron chi connectivity index (χ0n) is 10.3. The molecule has 1 aromatic heterocycles. The van der Waals surface area contributed by atoms with Crippen molar-refractivity contribution in [1.82, 2.24) is 9.55 Å². The van der Waals surface area contributed by atoms with Gasteiger partial charge in [-0.15, -0.1) is 0 Å². The standard InChI is InChI=1S/C12H23N3/c1-5-11(6-2)10(4)15-9-8-14-12(15)13-7-3/h8-11H,5-7H2,1-4H3,(H,13,14). The Morgan fingerprint density at radius 2 is 2.00 bits per heavy atom. The first-order chi connectivity index (χ1) is 7.24. The van der Waals surface area contributed by atoms with Gasteiger partial charge in [0, 0.05) is 25.0 Å². The normalized spacial score (nSPS) is 13.1. The van der Waals surface area contributed by atoms with Crippen LogP contribution in [0.15, 0.2) is 12.4 Å². The Morgan fingerprint density at radius 1 is 1.33 bits per heavy atom. The average Bonchev–Trinajstić information content (AvgIpc) is 2.68. The fraction of sp³-hybridized carbons (Fsp3) is 0.750. The minimum absolute atomic E-state index is 0.525. The van der Waals surface area contributed by atoms with Gasteiger partial charge in [0.15, 0.2) is 0 Å². The summed E-state index contributed by atoms with van der Waals surface area (Å²) in [5.74, 6) is 1.73. The topological polar surface area (TPSA) is 29.9 Å². The van der Waals surface area contributed by atoms with Gasteiger partial charge in [0.1, 0.15) is 0 Å². The van der Waals surface area contributed by atoms with Crippen molar-refractivity contribution in [1.29, 1.82) is 0 Å². The molecule has 3 heteroatoms. The number of nitrogens with zero attached hydrogens (tertiary/aromatic N) is 2. The molecule has 1 heterocycles. The van der Waals surface area contributed by atoms with Gasteiger partial charge in [-0.05, 0) is 19.8 Å². The average molecular weight is 209 g/mol. The van der Waals surface area contributed by atoms with Crippen LogP contribution in [-0.4, -0.2) is 16.1 Å². The van der Waals surface area contributed by atoms with Crippen LogP contribution >= 0.6 is 0 Å². The molecule has 3 nitrogen and oxygen atoms in total. The maximum Gasteiger partial charge on any atom is 0.203 e. The summed E-state index contributed by atoms with van der Waals surface area (Å²) >= 11 is 0. The molecule has 0 aliphatic rings. The lowest BCUT2D eigenvalue weighted by Crippen LogP contribution is -2.17. The van der Waals surface area contributed by atoms with Crippen molar-refractivity contribution in [3.8, 4) is 0 Å². The van der Waals surface area contributed by atoms with Gasteiger partial charge in [-0.3, -0.25) is 0 Å². The maximum atomic E-state index is 4.33. The van der Waals surface area contributed by atoms with Crippen molar-refractivity contribution in [2.45, 2.75) is 46.6 Å². The lowest BCUT2D eigenvalue weighted by atomic mass is 9.95. The molecule has 1 unspecified atom stereocenters. The van der Waals surface area contributed by atoms with E-state index in [-0.39, 0.29) is 0 Å². The van der Waals surface area contributed by atoms with Crippen LogP contribution in [0.4, 0.5) is 5.95 Å². The molecule has 86 valence electrons. The molecule has 1 atom stereocenters. The molecular weight excluding hydrogens is 186 g/mol. The Hall–Kier alpha value is -0.990. The highest BCUT2D eigenvalue weighted by molar-refractivity contribution is 5.26. The van der Waals surface area contributed by atoms with Crippen molar-refractivity contribution in [3.05, 3.63) is 12.4 Å². The third-order valence-corrected chi connectivity index (χ3v) is 3.17. The van der Waals surface area contributed by atoms with E-state index in [1.54, 1.807) is 0 Å². The van der Waals surface area contributed by atoms with Gasteiger partial charge in [0.05, 0.1) is 0 Å². The maximum absolute atomic E-state index is 4.33. The Bertz CT molecular complexity index is 276. The van der Waals surface area contributed by atoms with Crippen molar-refractivity contribution >= 4 is 5.95 Å². The van der Waals surface area contributed by atoms with Crippen molar-refractivity contribution < 1.29 is 0 Å². The van der Waals surface area contributed by atoms with E-state index in [0.717, 1.165) is 18.4 Å². The van der Waals surface area contributed by atoms with Crippen LogP contribution in [0, 0.1) is 5.92 Å². The Labute approximate surface area is 92.9 Å². The second-order valence-corrected chi connectivity index (χ2v) is 4.01. The third kappa shape index (κ3) is 2.74. The summed E-state index contributed by atoms with van der Waals surface area (Å²) in [7, 11) is 0. The summed E-state index contributed by atoms with van der Waals surface area (Å²) < 4.78 is 2.25. The van der Waals surface area contributed by atoms with Crippen LogP contribution in [-0.2, 0) is 0 Å². The quantitative estimate of drug-likeness (QED) is 0.779. The molecule has 0 saturated heterocycles. The van der Waals surface area contributed by atoms with Crippen LogP contribution in [0.3, 0.4) is 0 Å². The SMILES string of the molecule is CCNc1nccn1C(C)C(CC)CC. The Balaban J connectivity index is 2.79. The van der Waals surface area contributed by atoms with Crippen LogP contribution in [0.25, 0.3) is 0 Å². The molecule has 0 radical (unpaired) electrons. The third-order valence-electron chi connectivity index (χ3n) is 3.17. The van der Waals surface area contributed by atoms with Crippen LogP contribution in [0.2, 0.25) is 0 Å². The lowest BCUT2D eigenvalue weighted by Gasteiger charge is -2.24. The molecule has 0 spiro atoms. The predicted octanol–water partition coefficient (Wildman–Crippen LogP) is 3.31. The largest absolute Gasteiger partial charge is 0.356 e. The van der Waals surface area contributed by atoms with E-state index < -0.39 is 0 Å². The molecule has 0 saturated carbocycles. The molecule has 0 aliphatic carbocycles. The highest BCUT2D eigenvalue weighted by Gasteiger charge is 2.17. The number of hydrogen-bond donors (Lipinski definition) is 1. The van der Waals surface area contributed by atoms with Gasteiger partial charge in [0.25, 0.3) is 0 Å². The molecule has 1 rings (SSSR count). The zero-order chi connectivity index (χ0) is 11.3. The van der Waals surface area contributed by atoms with E-state index in [9.17, 15) is 0 Å². The number of hydrogen-bond acceptors (Lipinski definition) is 2. The Morgan fingerprint density at radius 3 is 2.53 bits per heavy atom. The highest BCUT2D eigenvalue weighted by Crippen LogP contribution is 2.26. The number of aromatic nitrogens is 2. The van der Waals surface area contributed by atoms with Crippen LogP contribution < -0.4 is 5.32 Å². The van der Waals surface area contributed by atoms with Gasteiger partial charge in [-0.2, -0.15) is 0 Å². The summed E-state index contributed by atoms with van der Waals surface area (Å²) in [5, 5.41) is 3.29. The predicted molar refractivity (Wildman–Crippen MR) is 65.2 cm³/mol. The van der Waals surface area contributed by atoms with Crippen LogP contribution in [0.1, 0.15) is 46.6 Å². The van der Waals surface area contributed by atoms with Gasteiger partial charge >= 0.3 is 0 Å². The van der Waals surface area contributed by atoms with Gasteiger partial charge in [0.2, 0.25) is 5.95 Å². The summed E-state index contributed by atoms with van der Waals surface area (Å²) in [6.07, 6.45) is 6.39. The molecular formula is C12H23N3. The van der Waals surface area contributed by atoms with E-state index in [4.69, 9.17) is 0 Å². The molecule has 0 amide bonds. The monoisotopic (exact) mass is 209 g/mol. The van der Waals surface area contributed by atoms with Gasteiger partial charge in [-0.1, -0.05) is 26.7 Å². The number of anilines is 1. The van der Waals surface area contributed by atoms with E-state index in [1.807, 2.05) is 6.20 Å².